The lowest BCUT2D eigenvalue weighted by Crippen LogP contribution is -2.52. The summed E-state index contributed by atoms with van der Waals surface area (Å²) in [4.78, 5) is 29.9. The summed E-state index contributed by atoms with van der Waals surface area (Å²) in [6.45, 7) is 1.78. The SMILES string of the molecule is O=C(CS(=O)Cc1ccccc1-c1cc2ccccc2s1)N1CCN(C(=O)Nc2ccccc2)CC1. The van der Waals surface area contributed by atoms with E-state index in [-0.39, 0.29) is 17.7 Å². The summed E-state index contributed by atoms with van der Waals surface area (Å²) in [6, 6.07) is 27.6. The molecule has 2 heterocycles. The van der Waals surface area contributed by atoms with Crippen LogP contribution in [0.2, 0.25) is 0 Å². The van der Waals surface area contributed by atoms with Gasteiger partial charge in [0.15, 0.2) is 0 Å². The van der Waals surface area contributed by atoms with Crippen molar-refractivity contribution in [1.29, 1.82) is 0 Å². The van der Waals surface area contributed by atoms with Crippen LogP contribution in [0.1, 0.15) is 5.56 Å². The number of rotatable bonds is 6. The molecular formula is C28H27N3O3S2. The molecule has 0 radical (unpaired) electrons. The number of anilines is 1. The first-order valence-electron chi connectivity index (χ1n) is 11.9. The first kappa shape index (κ1) is 24.2. The number of benzene rings is 3. The Morgan fingerprint density at radius 1 is 0.833 bits per heavy atom. The number of piperazine rings is 1. The maximum Gasteiger partial charge on any atom is 0.321 e. The summed E-state index contributed by atoms with van der Waals surface area (Å²) >= 11 is 1.72. The van der Waals surface area contributed by atoms with Crippen LogP contribution in [0.25, 0.3) is 20.5 Å². The van der Waals surface area contributed by atoms with Crippen molar-refractivity contribution in [1.82, 2.24) is 9.80 Å². The Balaban J connectivity index is 1.16. The van der Waals surface area contributed by atoms with Crippen LogP contribution >= 0.6 is 11.3 Å². The van der Waals surface area contributed by atoms with E-state index in [4.69, 9.17) is 0 Å². The second-order valence-electron chi connectivity index (χ2n) is 8.70. The number of thiophene rings is 1. The zero-order chi connectivity index (χ0) is 24.9. The lowest BCUT2D eigenvalue weighted by atomic mass is 10.1. The quantitative estimate of drug-likeness (QED) is 0.383. The lowest BCUT2D eigenvalue weighted by molar-refractivity contribution is -0.129. The van der Waals surface area contributed by atoms with Gasteiger partial charge in [0.1, 0.15) is 5.75 Å². The van der Waals surface area contributed by atoms with Gasteiger partial charge in [0.05, 0.1) is 0 Å². The molecule has 1 fully saturated rings. The van der Waals surface area contributed by atoms with Gasteiger partial charge >= 0.3 is 6.03 Å². The Morgan fingerprint density at radius 3 is 2.28 bits per heavy atom. The second kappa shape index (κ2) is 11.1. The molecule has 5 rings (SSSR count). The van der Waals surface area contributed by atoms with Gasteiger partial charge in [0.25, 0.3) is 0 Å². The number of hydrogen-bond acceptors (Lipinski definition) is 4. The largest absolute Gasteiger partial charge is 0.338 e. The van der Waals surface area contributed by atoms with Gasteiger partial charge in [-0.05, 0) is 40.8 Å². The van der Waals surface area contributed by atoms with Crippen molar-refractivity contribution >= 4 is 49.8 Å². The summed E-state index contributed by atoms with van der Waals surface area (Å²) < 4.78 is 14.2. The molecule has 1 atom stereocenters. The van der Waals surface area contributed by atoms with Crippen molar-refractivity contribution in [3.8, 4) is 10.4 Å². The van der Waals surface area contributed by atoms with E-state index in [1.165, 1.54) is 10.1 Å². The van der Waals surface area contributed by atoms with E-state index in [1.807, 2.05) is 60.7 Å². The molecule has 3 amide bonds. The van der Waals surface area contributed by atoms with E-state index in [9.17, 15) is 13.8 Å². The third kappa shape index (κ3) is 5.66. The van der Waals surface area contributed by atoms with Crippen LogP contribution in [0.3, 0.4) is 0 Å². The van der Waals surface area contributed by atoms with Crippen LogP contribution in [-0.2, 0) is 21.3 Å². The zero-order valence-electron chi connectivity index (χ0n) is 19.8. The van der Waals surface area contributed by atoms with Gasteiger partial charge in [0.2, 0.25) is 5.91 Å². The van der Waals surface area contributed by atoms with E-state index >= 15 is 0 Å². The number of amides is 3. The maximum absolute atomic E-state index is 13.0. The fourth-order valence-electron chi connectivity index (χ4n) is 4.34. The highest BCUT2D eigenvalue weighted by molar-refractivity contribution is 7.84. The summed E-state index contributed by atoms with van der Waals surface area (Å²) in [5.74, 6) is 0.183. The molecule has 1 aromatic heterocycles. The van der Waals surface area contributed by atoms with Crippen molar-refractivity contribution in [2.45, 2.75) is 5.75 Å². The van der Waals surface area contributed by atoms with Gasteiger partial charge in [-0.3, -0.25) is 9.00 Å². The van der Waals surface area contributed by atoms with Crippen molar-refractivity contribution in [2.75, 3.05) is 37.2 Å². The second-order valence-corrected chi connectivity index (χ2v) is 11.2. The smallest absolute Gasteiger partial charge is 0.321 e. The van der Waals surface area contributed by atoms with E-state index in [0.717, 1.165) is 21.7 Å². The normalized spacial score (nSPS) is 14.6. The predicted molar refractivity (Wildman–Crippen MR) is 148 cm³/mol. The Kier molecular flexibility index (Phi) is 7.44. The molecule has 1 aliphatic heterocycles. The number of para-hydroxylation sites is 1. The number of nitrogens with one attached hydrogen (secondary N) is 1. The number of carbonyl (C=O) groups excluding carboxylic acids is 2. The average Bonchev–Trinajstić information content (AvgIpc) is 3.34. The van der Waals surface area contributed by atoms with Crippen LogP contribution in [0.4, 0.5) is 10.5 Å². The van der Waals surface area contributed by atoms with Crippen LogP contribution in [0.15, 0.2) is 84.9 Å². The molecule has 8 heteroatoms. The highest BCUT2D eigenvalue weighted by Gasteiger charge is 2.25. The topological polar surface area (TPSA) is 69.7 Å². The Morgan fingerprint density at radius 2 is 1.50 bits per heavy atom. The standard InChI is InChI=1S/C28H27N3O3S2/c32-27(30-14-16-31(17-15-30)28(33)29-23-10-2-1-3-11-23)20-36(34)19-22-9-4-6-12-24(22)26-18-21-8-5-7-13-25(21)35-26/h1-13,18H,14-17,19-20H2,(H,29,33). The highest BCUT2D eigenvalue weighted by Crippen LogP contribution is 2.35. The number of carbonyl (C=O) groups is 2. The van der Waals surface area contributed by atoms with Crippen molar-refractivity contribution < 1.29 is 13.8 Å². The van der Waals surface area contributed by atoms with Crippen LogP contribution in [-0.4, -0.2) is 57.9 Å². The van der Waals surface area contributed by atoms with E-state index < -0.39 is 10.8 Å². The summed E-state index contributed by atoms with van der Waals surface area (Å²) in [6.07, 6.45) is 0. The third-order valence-corrected chi connectivity index (χ3v) is 8.61. The predicted octanol–water partition coefficient (Wildman–Crippen LogP) is 5.19. The molecule has 36 heavy (non-hydrogen) atoms. The molecule has 1 N–H and O–H groups in total. The first-order valence-corrected chi connectivity index (χ1v) is 14.2. The Labute approximate surface area is 217 Å². The zero-order valence-corrected chi connectivity index (χ0v) is 21.4. The molecular weight excluding hydrogens is 490 g/mol. The van der Waals surface area contributed by atoms with Crippen LogP contribution in [0, 0.1) is 0 Å². The summed E-state index contributed by atoms with van der Waals surface area (Å²) in [5, 5.41) is 4.07. The average molecular weight is 518 g/mol. The van der Waals surface area contributed by atoms with E-state index in [2.05, 4.69) is 29.6 Å². The van der Waals surface area contributed by atoms with Gasteiger partial charge in [-0.1, -0.05) is 60.7 Å². The fraction of sp³-hybridized carbons (Fsp3) is 0.214. The monoisotopic (exact) mass is 517 g/mol. The fourth-order valence-corrected chi connectivity index (χ4v) is 6.62. The molecule has 0 spiro atoms. The molecule has 184 valence electrons. The third-order valence-electron chi connectivity index (χ3n) is 6.25. The summed E-state index contributed by atoms with van der Waals surface area (Å²) in [7, 11) is -1.33. The molecule has 0 bridgehead atoms. The van der Waals surface area contributed by atoms with Crippen molar-refractivity contribution in [3.05, 3.63) is 90.5 Å². The number of urea groups is 1. The molecule has 6 nitrogen and oxygen atoms in total. The molecule has 0 saturated carbocycles. The van der Waals surface area contributed by atoms with E-state index in [0.29, 0.717) is 31.9 Å². The lowest BCUT2D eigenvalue weighted by Gasteiger charge is -2.34. The maximum atomic E-state index is 13.0. The van der Waals surface area contributed by atoms with Gasteiger partial charge in [-0.25, -0.2) is 4.79 Å². The minimum Gasteiger partial charge on any atom is -0.338 e. The van der Waals surface area contributed by atoms with Crippen molar-refractivity contribution in [2.24, 2.45) is 0 Å². The van der Waals surface area contributed by atoms with E-state index in [1.54, 1.807) is 21.1 Å². The highest BCUT2D eigenvalue weighted by atomic mass is 32.2. The van der Waals surface area contributed by atoms with Gasteiger partial charge in [0, 0.05) is 58.0 Å². The molecule has 1 aliphatic rings. The molecule has 1 unspecified atom stereocenters. The number of nitrogens with zero attached hydrogens (tertiary/aromatic N) is 2. The van der Waals surface area contributed by atoms with Crippen LogP contribution < -0.4 is 5.32 Å². The minimum atomic E-state index is -1.33. The number of hydrogen-bond donors (Lipinski definition) is 1. The molecule has 3 aromatic carbocycles. The molecule has 0 aliphatic carbocycles. The minimum absolute atomic E-state index is 0.0169. The van der Waals surface area contributed by atoms with Crippen LogP contribution in [0.5, 0.6) is 0 Å². The molecule has 4 aromatic rings. The Bertz CT molecular complexity index is 1360. The molecule has 1 saturated heterocycles. The number of fused-ring (bicyclic) bond motifs is 1. The summed E-state index contributed by atoms with van der Waals surface area (Å²) in [5.41, 5.74) is 2.79. The van der Waals surface area contributed by atoms with Gasteiger partial charge < -0.3 is 15.1 Å². The van der Waals surface area contributed by atoms with Gasteiger partial charge in [-0.2, -0.15) is 0 Å². The first-order chi connectivity index (χ1) is 17.6. The van der Waals surface area contributed by atoms with Crippen molar-refractivity contribution in [3.63, 3.8) is 0 Å². The van der Waals surface area contributed by atoms with Gasteiger partial charge in [-0.15, -0.1) is 11.3 Å². The Hall–Kier alpha value is -3.49.